The van der Waals surface area contributed by atoms with E-state index in [1.54, 1.807) is 12.1 Å². The summed E-state index contributed by atoms with van der Waals surface area (Å²) in [5.74, 6) is -1.72. The van der Waals surface area contributed by atoms with Crippen LogP contribution in [0.15, 0.2) is 41.1 Å². The summed E-state index contributed by atoms with van der Waals surface area (Å²) in [4.78, 5) is 40.8. The fraction of sp³-hybridized carbons (Fsp3) is 0.0556. The van der Waals surface area contributed by atoms with Crippen molar-refractivity contribution in [1.82, 2.24) is 25.6 Å². The van der Waals surface area contributed by atoms with Crippen molar-refractivity contribution in [2.45, 2.75) is 6.92 Å². The third-order valence-electron chi connectivity index (χ3n) is 3.77. The van der Waals surface area contributed by atoms with Crippen LogP contribution >= 0.6 is 50.7 Å². The number of rotatable bonds is 4. The predicted molar refractivity (Wildman–Crippen MR) is 120 cm³/mol. The second-order valence-electron chi connectivity index (χ2n) is 5.94. The number of hydrogen-bond acceptors (Lipinski definition) is 5. The summed E-state index contributed by atoms with van der Waals surface area (Å²) >= 11 is 21.8. The van der Waals surface area contributed by atoms with E-state index in [0.29, 0.717) is 4.60 Å². The van der Waals surface area contributed by atoms with E-state index in [0.717, 1.165) is 0 Å². The SMILES string of the molecule is CC(=O)NNC(=O)c1c(Cl)ccc(Cl)c1NC(=O)c1cc(Br)nn1-c1ncccc1Cl. The van der Waals surface area contributed by atoms with E-state index in [1.165, 1.54) is 36.0 Å². The number of pyridine rings is 1. The number of nitrogens with zero attached hydrogens (tertiary/aromatic N) is 3. The highest BCUT2D eigenvalue weighted by molar-refractivity contribution is 9.10. The molecule has 0 radical (unpaired) electrons. The van der Waals surface area contributed by atoms with E-state index in [4.69, 9.17) is 34.8 Å². The number of amides is 3. The summed E-state index contributed by atoms with van der Waals surface area (Å²) in [5.41, 5.74) is 4.18. The molecular weight excluding hydrogens is 535 g/mol. The molecule has 0 unspecified atom stereocenters. The summed E-state index contributed by atoms with van der Waals surface area (Å²) in [6.07, 6.45) is 1.50. The molecule has 13 heteroatoms. The first-order valence-electron chi connectivity index (χ1n) is 8.41. The molecule has 160 valence electrons. The van der Waals surface area contributed by atoms with Crippen molar-refractivity contribution in [2.75, 3.05) is 5.32 Å². The monoisotopic (exact) mass is 544 g/mol. The van der Waals surface area contributed by atoms with Gasteiger partial charge in [-0.2, -0.15) is 5.10 Å². The molecule has 0 saturated heterocycles. The molecule has 0 saturated carbocycles. The van der Waals surface area contributed by atoms with Gasteiger partial charge in [-0.3, -0.25) is 25.2 Å². The lowest BCUT2D eigenvalue weighted by Gasteiger charge is -2.15. The van der Waals surface area contributed by atoms with Crippen molar-refractivity contribution in [3.8, 4) is 5.82 Å². The van der Waals surface area contributed by atoms with Crippen LogP contribution in [0.3, 0.4) is 0 Å². The summed E-state index contributed by atoms with van der Waals surface area (Å²) in [7, 11) is 0. The number of anilines is 1. The number of hydrazine groups is 1. The third kappa shape index (κ3) is 5.16. The average Bonchev–Trinajstić information content (AvgIpc) is 3.11. The highest BCUT2D eigenvalue weighted by Crippen LogP contribution is 2.32. The Balaban J connectivity index is 2.00. The van der Waals surface area contributed by atoms with Gasteiger partial charge in [-0.15, -0.1) is 0 Å². The number of nitrogens with one attached hydrogen (secondary N) is 3. The maximum atomic E-state index is 13.1. The van der Waals surface area contributed by atoms with Crippen LogP contribution < -0.4 is 16.2 Å². The zero-order valence-electron chi connectivity index (χ0n) is 15.5. The molecule has 0 aliphatic rings. The zero-order valence-corrected chi connectivity index (χ0v) is 19.4. The Bertz CT molecular complexity index is 1200. The molecule has 3 N–H and O–H groups in total. The highest BCUT2D eigenvalue weighted by atomic mass is 79.9. The van der Waals surface area contributed by atoms with Gasteiger partial charge in [0, 0.05) is 19.2 Å². The Labute approximate surface area is 199 Å². The molecule has 0 spiro atoms. The number of aromatic nitrogens is 3. The second kappa shape index (κ2) is 9.65. The van der Waals surface area contributed by atoms with Gasteiger partial charge in [-0.05, 0) is 40.2 Å². The van der Waals surface area contributed by atoms with E-state index in [-0.39, 0.29) is 37.8 Å². The van der Waals surface area contributed by atoms with Gasteiger partial charge in [0.05, 0.1) is 26.3 Å². The van der Waals surface area contributed by atoms with Crippen LogP contribution in [0.25, 0.3) is 5.82 Å². The first-order chi connectivity index (χ1) is 14.7. The third-order valence-corrected chi connectivity index (χ3v) is 5.09. The second-order valence-corrected chi connectivity index (χ2v) is 7.98. The molecule has 2 aromatic heterocycles. The lowest BCUT2D eigenvalue weighted by Crippen LogP contribution is -2.40. The van der Waals surface area contributed by atoms with Gasteiger partial charge in [-0.1, -0.05) is 34.8 Å². The topological polar surface area (TPSA) is 118 Å². The minimum atomic E-state index is -0.777. The zero-order chi connectivity index (χ0) is 22.7. The van der Waals surface area contributed by atoms with Crippen molar-refractivity contribution < 1.29 is 14.4 Å². The van der Waals surface area contributed by atoms with Crippen molar-refractivity contribution in [3.05, 3.63) is 67.5 Å². The van der Waals surface area contributed by atoms with E-state index < -0.39 is 17.7 Å². The van der Waals surface area contributed by atoms with Crippen molar-refractivity contribution >= 4 is 74.1 Å². The number of carbonyl (C=O) groups is 3. The minimum absolute atomic E-state index is 0.00464. The van der Waals surface area contributed by atoms with E-state index >= 15 is 0 Å². The Morgan fingerprint density at radius 3 is 2.39 bits per heavy atom. The number of benzene rings is 1. The molecule has 2 heterocycles. The van der Waals surface area contributed by atoms with Crippen LogP contribution in [0.4, 0.5) is 5.69 Å². The normalized spacial score (nSPS) is 10.5. The fourth-order valence-corrected chi connectivity index (χ4v) is 3.51. The van der Waals surface area contributed by atoms with Gasteiger partial charge < -0.3 is 5.32 Å². The van der Waals surface area contributed by atoms with Crippen molar-refractivity contribution in [1.29, 1.82) is 0 Å². The summed E-state index contributed by atoms with van der Waals surface area (Å²) < 4.78 is 1.58. The molecule has 0 aliphatic carbocycles. The molecular formula is C18H12BrCl3N6O3. The first kappa shape index (κ1) is 23.0. The maximum Gasteiger partial charge on any atom is 0.274 e. The van der Waals surface area contributed by atoms with Crippen LogP contribution in [0.2, 0.25) is 15.1 Å². The first-order valence-corrected chi connectivity index (χ1v) is 10.3. The molecule has 9 nitrogen and oxygen atoms in total. The molecule has 0 bridgehead atoms. The largest absolute Gasteiger partial charge is 0.319 e. The average molecular weight is 547 g/mol. The van der Waals surface area contributed by atoms with Gasteiger partial charge in [0.15, 0.2) is 5.82 Å². The Kier molecular flexibility index (Phi) is 7.16. The van der Waals surface area contributed by atoms with E-state index in [1.807, 2.05) is 0 Å². The van der Waals surface area contributed by atoms with E-state index in [2.05, 4.69) is 42.2 Å². The van der Waals surface area contributed by atoms with Crippen LogP contribution in [-0.2, 0) is 4.79 Å². The number of halogens is 4. The Morgan fingerprint density at radius 1 is 1.00 bits per heavy atom. The molecule has 0 atom stereocenters. The standard InChI is InChI=1S/C18H12BrCl3N6O3/c1-8(29)25-26-18(31)14-9(20)4-5-10(21)15(14)24-17(30)12-7-13(19)27-28(12)16-11(22)3-2-6-23-16/h2-7H,1H3,(H,24,30)(H,25,29)(H,26,31). The summed E-state index contributed by atoms with van der Waals surface area (Å²) in [5, 5.41) is 7.08. The van der Waals surface area contributed by atoms with Gasteiger partial charge >= 0.3 is 0 Å². The lowest BCUT2D eigenvalue weighted by atomic mass is 10.1. The van der Waals surface area contributed by atoms with Crippen LogP contribution in [0.1, 0.15) is 27.8 Å². The highest BCUT2D eigenvalue weighted by Gasteiger charge is 2.24. The smallest absolute Gasteiger partial charge is 0.274 e. The van der Waals surface area contributed by atoms with Gasteiger partial charge in [0.1, 0.15) is 10.3 Å². The van der Waals surface area contributed by atoms with E-state index in [9.17, 15) is 14.4 Å². The number of carbonyl (C=O) groups excluding carboxylic acids is 3. The Hall–Kier alpha value is -2.66. The van der Waals surface area contributed by atoms with Gasteiger partial charge in [0.2, 0.25) is 5.91 Å². The van der Waals surface area contributed by atoms with Crippen LogP contribution in [0, 0.1) is 0 Å². The molecule has 0 aliphatic heterocycles. The Morgan fingerprint density at radius 2 is 1.71 bits per heavy atom. The predicted octanol–water partition coefficient (Wildman–Crippen LogP) is 4.02. The summed E-state index contributed by atoms with van der Waals surface area (Å²) in [6, 6.07) is 7.47. The molecule has 31 heavy (non-hydrogen) atoms. The minimum Gasteiger partial charge on any atom is -0.319 e. The van der Waals surface area contributed by atoms with Gasteiger partial charge in [0.25, 0.3) is 11.8 Å². The fourth-order valence-electron chi connectivity index (χ4n) is 2.49. The summed E-state index contributed by atoms with van der Waals surface area (Å²) in [6.45, 7) is 1.21. The molecule has 1 aromatic carbocycles. The van der Waals surface area contributed by atoms with Gasteiger partial charge in [-0.25, -0.2) is 9.67 Å². The van der Waals surface area contributed by atoms with Crippen molar-refractivity contribution in [3.63, 3.8) is 0 Å². The van der Waals surface area contributed by atoms with Crippen LogP contribution in [0.5, 0.6) is 0 Å². The number of hydrogen-bond donors (Lipinski definition) is 3. The quantitative estimate of drug-likeness (QED) is 0.427. The molecule has 3 aromatic rings. The lowest BCUT2D eigenvalue weighted by molar-refractivity contribution is -0.119. The maximum absolute atomic E-state index is 13.1. The van der Waals surface area contributed by atoms with Crippen LogP contribution in [-0.4, -0.2) is 32.5 Å². The molecule has 3 rings (SSSR count). The van der Waals surface area contributed by atoms with Crippen molar-refractivity contribution in [2.24, 2.45) is 0 Å². The molecule has 3 amide bonds. The molecule has 0 fully saturated rings.